The number of anilines is 2. The Morgan fingerprint density at radius 2 is 1.55 bits per heavy atom. The lowest BCUT2D eigenvalue weighted by atomic mass is 9.90. The molecule has 8 nitrogen and oxygen atoms in total. The van der Waals surface area contributed by atoms with Gasteiger partial charge in [0.25, 0.3) is 11.6 Å². The molecule has 0 unspecified atom stereocenters. The zero-order chi connectivity index (χ0) is 23.1. The first kappa shape index (κ1) is 20.8. The van der Waals surface area contributed by atoms with Crippen molar-refractivity contribution in [3.63, 3.8) is 0 Å². The molecule has 0 radical (unpaired) electrons. The van der Waals surface area contributed by atoms with Crippen molar-refractivity contribution in [1.82, 2.24) is 0 Å². The van der Waals surface area contributed by atoms with Crippen LogP contribution in [0.2, 0.25) is 0 Å². The van der Waals surface area contributed by atoms with Crippen LogP contribution in [0.1, 0.15) is 24.1 Å². The Labute approximate surface area is 190 Å². The fourth-order valence-corrected chi connectivity index (χ4v) is 4.48. The van der Waals surface area contributed by atoms with Gasteiger partial charge in [-0.25, -0.2) is 9.96 Å². The van der Waals surface area contributed by atoms with Gasteiger partial charge in [0, 0.05) is 12.1 Å². The number of hydrogen-bond acceptors (Lipinski definition) is 6. The van der Waals surface area contributed by atoms with Crippen molar-refractivity contribution >= 4 is 28.9 Å². The third-order valence-electron chi connectivity index (χ3n) is 6.17. The van der Waals surface area contributed by atoms with Gasteiger partial charge < -0.3 is 0 Å². The molecule has 3 atom stereocenters. The standard InChI is InChI=1S/C25H21N3O5/c1-2-16-8-10-17(11-9-16)22-21-23(33-27(22)19-6-4-3-5-7-19)25(30)26(24(21)29)18-12-14-20(15-13-18)28(31)32/h3-15,21-23H,2H2,1H3/t21-,22-,23+/m0/s1. The van der Waals surface area contributed by atoms with Crippen LogP contribution in [0.4, 0.5) is 17.1 Å². The summed E-state index contributed by atoms with van der Waals surface area (Å²) in [6.07, 6.45) is -0.0925. The van der Waals surface area contributed by atoms with Crippen molar-refractivity contribution < 1.29 is 19.3 Å². The normalized spacial score (nSPS) is 22.0. The van der Waals surface area contributed by atoms with E-state index in [1.165, 1.54) is 29.8 Å². The van der Waals surface area contributed by atoms with Crippen LogP contribution in [0.5, 0.6) is 0 Å². The Morgan fingerprint density at radius 1 is 0.879 bits per heavy atom. The van der Waals surface area contributed by atoms with Gasteiger partial charge in [0.2, 0.25) is 5.91 Å². The summed E-state index contributed by atoms with van der Waals surface area (Å²) in [5.74, 6) is -1.62. The van der Waals surface area contributed by atoms with Gasteiger partial charge in [-0.05, 0) is 41.8 Å². The SMILES string of the molecule is CCc1ccc([C@H]2[C@@H]3C(=O)N(c4ccc([N+](=O)[O-])cc4)C(=O)[C@@H]3ON2c2ccccc2)cc1. The van der Waals surface area contributed by atoms with Crippen LogP contribution >= 0.6 is 0 Å². The van der Waals surface area contributed by atoms with Gasteiger partial charge in [-0.3, -0.25) is 24.5 Å². The van der Waals surface area contributed by atoms with Gasteiger partial charge in [0.15, 0.2) is 6.10 Å². The van der Waals surface area contributed by atoms with E-state index < -0.39 is 28.9 Å². The summed E-state index contributed by atoms with van der Waals surface area (Å²) in [5, 5.41) is 12.6. The van der Waals surface area contributed by atoms with Gasteiger partial charge in [0.05, 0.1) is 22.3 Å². The van der Waals surface area contributed by atoms with E-state index in [9.17, 15) is 19.7 Å². The van der Waals surface area contributed by atoms with E-state index in [2.05, 4.69) is 6.92 Å². The number of benzene rings is 3. The topological polar surface area (TPSA) is 93.0 Å². The Morgan fingerprint density at radius 3 is 2.15 bits per heavy atom. The molecule has 2 saturated heterocycles. The number of imide groups is 1. The Balaban J connectivity index is 1.54. The number of non-ortho nitro benzene ring substituents is 1. The quantitative estimate of drug-likeness (QED) is 0.333. The van der Waals surface area contributed by atoms with Gasteiger partial charge >= 0.3 is 0 Å². The lowest BCUT2D eigenvalue weighted by molar-refractivity contribution is -0.384. The molecule has 2 aliphatic rings. The number of hydrogen-bond donors (Lipinski definition) is 0. The second-order valence-electron chi connectivity index (χ2n) is 8.04. The van der Waals surface area contributed by atoms with Crippen molar-refractivity contribution in [3.8, 4) is 0 Å². The summed E-state index contributed by atoms with van der Waals surface area (Å²) >= 11 is 0. The third kappa shape index (κ3) is 3.44. The van der Waals surface area contributed by atoms with E-state index in [1.807, 2.05) is 54.6 Å². The fourth-order valence-electron chi connectivity index (χ4n) is 4.48. The van der Waals surface area contributed by atoms with Gasteiger partial charge in [0.1, 0.15) is 5.92 Å². The molecule has 0 N–H and O–H groups in total. The van der Waals surface area contributed by atoms with Crippen LogP contribution in [0.25, 0.3) is 0 Å². The number of hydroxylamine groups is 1. The summed E-state index contributed by atoms with van der Waals surface area (Å²) < 4.78 is 0. The number of rotatable bonds is 5. The number of aryl methyl sites for hydroxylation is 1. The van der Waals surface area contributed by atoms with Crippen LogP contribution in [0.3, 0.4) is 0 Å². The molecule has 2 fully saturated rings. The van der Waals surface area contributed by atoms with Crippen molar-refractivity contribution in [2.75, 3.05) is 9.96 Å². The molecule has 2 aliphatic heterocycles. The number of fused-ring (bicyclic) bond motifs is 1. The second kappa shape index (κ2) is 8.14. The molecule has 0 bridgehead atoms. The van der Waals surface area contributed by atoms with Crippen LogP contribution in [-0.2, 0) is 20.8 Å². The summed E-state index contributed by atoms with van der Waals surface area (Å²) in [5.41, 5.74) is 2.97. The summed E-state index contributed by atoms with van der Waals surface area (Å²) in [6, 6.07) is 22.2. The van der Waals surface area contributed by atoms with Crippen LogP contribution in [-0.4, -0.2) is 22.8 Å². The maximum Gasteiger partial charge on any atom is 0.269 e. The molecule has 2 amide bonds. The highest BCUT2D eigenvalue weighted by atomic mass is 16.7. The number of carbonyl (C=O) groups excluding carboxylic acids is 2. The number of carbonyl (C=O) groups is 2. The molecular weight excluding hydrogens is 422 g/mol. The lowest BCUT2D eigenvalue weighted by Crippen LogP contribution is -2.37. The molecule has 33 heavy (non-hydrogen) atoms. The maximum absolute atomic E-state index is 13.6. The molecule has 0 aliphatic carbocycles. The van der Waals surface area contributed by atoms with Gasteiger partial charge in [-0.1, -0.05) is 49.4 Å². The molecule has 3 aromatic carbocycles. The molecule has 3 aromatic rings. The minimum Gasteiger partial charge on any atom is -0.273 e. The van der Waals surface area contributed by atoms with Crippen molar-refractivity contribution in [3.05, 3.63) is 100 Å². The highest BCUT2D eigenvalue weighted by molar-refractivity contribution is 6.23. The third-order valence-corrected chi connectivity index (χ3v) is 6.17. The maximum atomic E-state index is 13.6. The Kier molecular flexibility index (Phi) is 5.14. The molecule has 2 heterocycles. The van der Waals surface area contributed by atoms with Crippen LogP contribution < -0.4 is 9.96 Å². The van der Waals surface area contributed by atoms with Gasteiger partial charge in [-0.2, -0.15) is 0 Å². The van der Waals surface area contributed by atoms with Crippen LogP contribution in [0.15, 0.2) is 78.9 Å². The molecule has 166 valence electrons. The van der Waals surface area contributed by atoms with E-state index >= 15 is 0 Å². The monoisotopic (exact) mass is 443 g/mol. The summed E-state index contributed by atoms with van der Waals surface area (Å²) in [7, 11) is 0. The number of nitro benzene ring substituents is 1. The summed E-state index contributed by atoms with van der Waals surface area (Å²) in [4.78, 5) is 44.5. The fraction of sp³-hybridized carbons (Fsp3) is 0.200. The molecule has 0 saturated carbocycles. The van der Waals surface area contributed by atoms with E-state index in [0.29, 0.717) is 5.69 Å². The highest BCUT2D eigenvalue weighted by Crippen LogP contribution is 2.47. The Hall–Kier alpha value is -4.04. The first-order valence-electron chi connectivity index (χ1n) is 10.7. The first-order valence-corrected chi connectivity index (χ1v) is 10.7. The predicted molar refractivity (Wildman–Crippen MR) is 121 cm³/mol. The average molecular weight is 443 g/mol. The van der Waals surface area contributed by atoms with E-state index in [1.54, 1.807) is 5.06 Å². The van der Waals surface area contributed by atoms with E-state index in [-0.39, 0.29) is 11.6 Å². The second-order valence-corrected chi connectivity index (χ2v) is 8.04. The number of nitro groups is 1. The molecule has 8 heteroatoms. The average Bonchev–Trinajstić information content (AvgIpc) is 3.35. The number of amides is 2. The largest absolute Gasteiger partial charge is 0.273 e. The number of para-hydroxylation sites is 1. The predicted octanol–water partition coefficient (Wildman–Crippen LogP) is 4.21. The molecule has 0 aromatic heterocycles. The van der Waals surface area contributed by atoms with Gasteiger partial charge in [-0.15, -0.1) is 0 Å². The first-order chi connectivity index (χ1) is 16.0. The molecule has 0 spiro atoms. The zero-order valence-electron chi connectivity index (χ0n) is 17.8. The molecule has 5 rings (SSSR count). The van der Waals surface area contributed by atoms with Crippen molar-refractivity contribution in [1.29, 1.82) is 0 Å². The lowest BCUT2D eigenvalue weighted by Gasteiger charge is -2.28. The van der Waals surface area contributed by atoms with Crippen molar-refractivity contribution in [2.24, 2.45) is 5.92 Å². The van der Waals surface area contributed by atoms with E-state index in [0.717, 1.165) is 22.6 Å². The van der Waals surface area contributed by atoms with E-state index in [4.69, 9.17) is 4.84 Å². The minimum atomic E-state index is -0.983. The Bertz CT molecular complexity index is 1210. The number of nitrogens with zero attached hydrogens (tertiary/aromatic N) is 3. The molecular formula is C25H21N3O5. The smallest absolute Gasteiger partial charge is 0.269 e. The highest BCUT2D eigenvalue weighted by Gasteiger charge is 2.60. The van der Waals surface area contributed by atoms with Crippen molar-refractivity contribution in [2.45, 2.75) is 25.5 Å². The van der Waals surface area contributed by atoms with Crippen LogP contribution in [0, 0.1) is 16.0 Å². The zero-order valence-corrected chi connectivity index (χ0v) is 17.8. The minimum absolute atomic E-state index is 0.113. The summed E-state index contributed by atoms with van der Waals surface area (Å²) in [6.45, 7) is 2.07.